The van der Waals surface area contributed by atoms with Crippen LogP contribution in [-0.2, 0) is 0 Å². The molecule has 4 aromatic rings. The summed E-state index contributed by atoms with van der Waals surface area (Å²) in [6.45, 7) is 0. The first-order chi connectivity index (χ1) is 11.8. The first kappa shape index (κ1) is 14.6. The zero-order valence-corrected chi connectivity index (χ0v) is 13.6. The summed E-state index contributed by atoms with van der Waals surface area (Å²) >= 11 is 1.42. The minimum Gasteiger partial charge on any atom is -0.266 e. The second-order valence-corrected chi connectivity index (χ2v) is 6.29. The van der Waals surface area contributed by atoms with Gasteiger partial charge in [-0.1, -0.05) is 66.7 Å². The smallest absolute Gasteiger partial charge is 0.266 e. The lowest BCUT2D eigenvalue weighted by Gasteiger charge is -2.04. The molecule has 0 atom stereocenters. The van der Waals surface area contributed by atoms with Crippen molar-refractivity contribution >= 4 is 17.2 Å². The first-order valence-corrected chi connectivity index (χ1v) is 8.50. The molecule has 24 heavy (non-hydrogen) atoms. The Morgan fingerprint density at radius 2 is 1.50 bits per heavy atom. The number of hydrogen-bond donors (Lipinski definition) is 0. The number of hydrogen-bond acceptors (Lipinski definition) is 3. The molecule has 4 rings (SSSR count). The Bertz CT molecular complexity index is 958. The molecule has 0 amide bonds. The van der Waals surface area contributed by atoms with Crippen LogP contribution in [0.1, 0.15) is 9.67 Å². The van der Waals surface area contributed by atoms with Gasteiger partial charge in [0.25, 0.3) is 5.91 Å². The number of nitrogens with zero attached hydrogens (tertiary/aromatic N) is 2. The van der Waals surface area contributed by atoms with Crippen LogP contribution in [0.15, 0.2) is 84.2 Å². The molecule has 2 aromatic heterocycles. The van der Waals surface area contributed by atoms with Crippen LogP contribution in [0.4, 0.5) is 0 Å². The number of rotatable bonds is 3. The standard InChI is InChI=1S/C20H14N2OS/c23-20(19-12-7-13-24-19)22-18(16-10-5-2-6-11-16)14-17(21-22)15-8-3-1-4-9-15/h1-14H. The topological polar surface area (TPSA) is 34.9 Å². The Hall–Kier alpha value is -2.98. The molecule has 3 nitrogen and oxygen atoms in total. The molecular formula is C20H14N2OS. The van der Waals surface area contributed by atoms with Gasteiger partial charge in [-0.15, -0.1) is 11.3 Å². The van der Waals surface area contributed by atoms with Gasteiger partial charge < -0.3 is 0 Å². The number of benzene rings is 2. The van der Waals surface area contributed by atoms with Gasteiger partial charge in [0.15, 0.2) is 0 Å². The SMILES string of the molecule is O=C(c1cccs1)n1nc(-c2ccccc2)cc1-c1ccccc1. The molecule has 0 saturated carbocycles. The summed E-state index contributed by atoms with van der Waals surface area (Å²) < 4.78 is 1.50. The Labute approximate surface area is 143 Å². The Kier molecular flexibility index (Phi) is 3.81. The second kappa shape index (κ2) is 6.26. The van der Waals surface area contributed by atoms with Gasteiger partial charge in [0.1, 0.15) is 0 Å². The van der Waals surface area contributed by atoms with Gasteiger partial charge in [-0.25, -0.2) is 0 Å². The van der Waals surface area contributed by atoms with Crippen molar-refractivity contribution in [3.05, 3.63) is 89.1 Å². The monoisotopic (exact) mass is 330 g/mol. The quantitative estimate of drug-likeness (QED) is 0.532. The lowest BCUT2D eigenvalue weighted by Crippen LogP contribution is -2.13. The maximum atomic E-state index is 12.9. The number of carbonyl (C=O) groups is 1. The third-order valence-electron chi connectivity index (χ3n) is 3.77. The van der Waals surface area contributed by atoms with Gasteiger partial charge in [-0.3, -0.25) is 4.79 Å². The van der Waals surface area contributed by atoms with Gasteiger partial charge in [-0.05, 0) is 17.5 Å². The van der Waals surface area contributed by atoms with E-state index in [-0.39, 0.29) is 5.91 Å². The zero-order chi connectivity index (χ0) is 16.4. The summed E-state index contributed by atoms with van der Waals surface area (Å²) in [5.41, 5.74) is 3.55. The Balaban J connectivity index is 1.88. The molecular weight excluding hydrogens is 316 g/mol. The molecule has 0 bridgehead atoms. The Morgan fingerprint density at radius 1 is 0.833 bits per heavy atom. The Morgan fingerprint density at radius 3 is 2.12 bits per heavy atom. The van der Waals surface area contributed by atoms with Crippen LogP contribution in [0.3, 0.4) is 0 Å². The first-order valence-electron chi connectivity index (χ1n) is 7.62. The van der Waals surface area contributed by atoms with Crippen LogP contribution in [0.25, 0.3) is 22.5 Å². The average Bonchev–Trinajstić information content (AvgIpc) is 3.33. The van der Waals surface area contributed by atoms with E-state index in [1.807, 2.05) is 84.2 Å². The lowest BCUT2D eigenvalue weighted by molar-refractivity contribution is 0.0951. The van der Waals surface area contributed by atoms with E-state index in [1.54, 1.807) is 0 Å². The molecule has 0 aliphatic rings. The van der Waals surface area contributed by atoms with E-state index in [9.17, 15) is 4.79 Å². The molecule has 0 fully saturated rings. The molecule has 0 unspecified atom stereocenters. The van der Waals surface area contributed by atoms with Gasteiger partial charge in [0.2, 0.25) is 0 Å². The van der Waals surface area contributed by atoms with E-state index in [0.717, 1.165) is 22.5 Å². The minimum absolute atomic E-state index is 0.106. The third kappa shape index (κ3) is 2.68. The molecule has 4 heteroatoms. The van der Waals surface area contributed by atoms with Crippen LogP contribution in [-0.4, -0.2) is 15.7 Å². The molecule has 0 spiro atoms. The van der Waals surface area contributed by atoms with Crippen LogP contribution < -0.4 is 0 Å². The molecule has 0 aliphatic heterocycles. The third-order valence-corrected chi connectivity index (χ3v) is 4.63. The lowest BCUT2D eigenvalue weighted by atomic mass is 10.1. The van der Waals surface area contributed by atoms with Crippen LogP contribution >= 0.6 is 11.3 Å². The van der Waals surface area contributed by atoms with Gasteiger partial charge in [0.05, 0.1) is 16.3 Å². The minimum atomic E-state index is -0.106. The summed E-state index contributed by atoms with van der Waals surface area (Å²) in [7, 11) is 0. The zero-order valence-electron chi connectivity index (χ0n) is 12.8. The van der Waals surface area contributed by atoms with E-state index in [2.05, 4.69) is 5.10 Å². The highest BCUT2D eigenvalue weighted by molar-refractivity contribution is 7.12. The summed E-state index contributed by atoms with van der Waals surface area (Å²) in [6, 6.07) is 25.4. The highest BCUT2D eigenvalue weighted by Crippen LogP contribution is 2.27. The van der Waals surface area contributed by atoms with E-state index >= 15 is 0 Å². The van der Waals surface area contributed by atoms with Crippen molar-refractivity contribution in [2.75, 3.05) is 0 Å². The van der Waals surface area contributed by atoms with E-state index < -0.39 is 0 Å². The van der Waals surface area contributed by atoms with Gasteiger partial charge in [0, 0.05) is 11.1 Å². The predicted molar refractivity (Wildman–Crippen MR) is 97.1 cm³/mol. The van der Waals surface area contributed by atoms with Crippen molar-refractivity contribution in [3.8, 4) is 22.5 Å². The fraction of sp³-hybridized carbons (Fsp3) is 0. The molecule has 0 saturated heterocycles. The van der Waals surface area contributed by atoms with Gasteiger partial charge >= 0.3 is 0 Å². The number of carbonyl (C=O) groups excluding carboxylic acids is 1. The largest absolute Gasteiger partial charge is 0.288 e. The number of thiophene rings is 1. The van der Waals surface area contributed by atoms with Crippen molar-refractivity contribution in [2.24, 2.45) is 0 Å². The second-order valence-electron chi connectivity index (χ2n) is 5.34. The van der Waals surface area contributed by atoms with Crippen molar-refractivity contribution in [1.29, 1.82) is 0 Å². The maximum absolute atomic E-state index is 12.9. The normalized spacial score (nSPS) is 10.7. The highest BCUT2D eigenvalue weighted by Gasteiger charge is 2.18. The van der Waals surface area contributed by atoms with E-state index in [0.29, 0.717) is 4.88 Å². The maximum Gasteiger partial charge on any atom is 0.288 e. The number of aromatic nitrogens is 2. The fourth-order valence-electron chi connectivity index (χ4n) is 2.61. The van der Waals surface area contributed by atoms with E-state index in [4.69, 9.17) is 0 Å². The predicted octanol–water partition coefficient (Wildman–Crippen LogP) is 4.97. The molecule has 0 N–H and O–H groups in total. The molecule has 2 aromatic carbocycles. The van der Waals surface area contributed by atoms with Crippen molar-refractivity contribution < 1.29 is 4.79 Å². The summed E-state index contributed by atoms with van der Waals surface area (Å²) in [4.78, 5) is 13.5. The molecule has 0 radical (unpaired) electrons. The van der Waals surface area contributed by atoms with Crippen molar-refractivity contribution in [2.45, 2.75) is 0 Å². The van der Waals surface area contributed by atoms with Crippen molar-refractivity contribution in [3.63, 3.8) is 0 Å². The molecule has 2 heterocycles. The van der Waals surface area contributed by atoms with Crippen LogP contribution in [0.2, 0.25) is 0 Å². The summed E-state index contributed by atoms with van der Waals surface area (Å²) in [6.07, 6.45) is 0. The summed E-state index contributed by atoms with van der Waals surface area (Å²) in [5.74, 6) is -0.106. The van der Waals surface area contributed by atoms with Crippen LogP contribution in [0, 0.1) is 0 Å². The molecule has 0 aliphatic carbocycles. The van der Waals surface area contributed by atoms with Crippen LogP contribution in [0.5, 0.6) is 0 Å². The highest BCUT2D eigenvalue weighted by atomic mass is 32.1. The van der Waals surface area contributed by atoms with E-state index in [1.165, 1.54) is 16.0 Å². The van der Waals surface area contributed by atoms with Crippen molar-refractivity contribution in [1.82, 2.24) is 9.78 Å². The fourth-order valence-corrected chi connectivity index (χ4v) is 3.25. The molecule has 116 valence electrons. The average molecular weight is 330 g/mol. The van der Waals surface area contributed by atoms with Gasteiger partial charge in [-0.2, -0.15) is 9.78 Å². The summed E-state index contributed by atoms with van der Waals surface area (Å²) in [5, 5.41) is 6.49.